The van der Waals surface area contributed by atoms with Crippen molar-refractivity contribution < 1.29 is 4.79 Å². The Labute approximate surface area is 134 Å². The molecule has 2 aliphatic carbocycles. The van der Waals surface area contributed by atoms with Crippen LogP contribution in [0.5, 0.6) is 0 Å². The van der Waals surface area contributed by atoms with Gasteiger partial charge in [-0.2, -0.15) is 0 Å². The first-order valence-electron chi connectivity index (χ1n) is 6.74. The number of carbonyl (C=O) groups is 1. The van der Waals surface area contributed by atoms with Crippen LogP contribution >= 0.6 is 33.9 Å². The third kappa shape index (κ3) is 2.16. The number of thiazole rings is 1. The van der Waals surface area contributed by atoms with E-state index in [0.29, 0.717) is 11.8 Å². The SMILES string of the molecule is O=C(Nc1nc2ccc(I)cc2s1)C1CC2C=CC1C2. The van der Waals surface area contributed by atoms with Crippen LogP contribution in [0, 0.1) is 21.3 Å². The second kappa shape index (κ2) is 4.80. The van der Waals surface area contributed by atoms with E-state index in [0.717, 1.165) is 28.2 Å². The standard InChI is InChI=1S/C15H13IN2OS/c16-10-3-4-12-13(7-10)20-15(17-12)18-14(19)11-6-8-1-2-9(11)5-8/h1-4,7-9,11H,5-6H2,(H,17,18,19). The van der Waals surface area contributed by atoms with Crippen molar-refractivity contribution in [2.45, 2.75) is 12.8 Å². The highest BCUT2D eigenvalue weighted by atomic mass is 127. The maximum atomic E-state index is 12.4. The van der Waals surface area contributed by atoms with Gasteiger partial charge in [0.15, 0.2) is 5.13 Å². The molecule has 1 aromatic carbocycles. The van der Waals surface area contributed by atoms with Crippen LogP contribution in [0.1, 0.15) is 12.8 Å². The molecule has 2 bridgehead atoms. The van der Waals surface area contributed by atoms with Crippen LogP contribution in [0.4, 0.5) is 5.13 Å². The monoisotopic (exact) mass is 396 g/mol. The molecule has 0 saturated heterocycles. The number of allylic oxidation sites excluding steroid dienone is 2. The Balaban J connectivity index is 1.55. The minimum Gasteiger partial charge on any atom is -0.302 e. The van der Waals surface area contributed by atoms with Gasteiger partial charge in [-0.15, -0.1) is 0 Å². The molecule has 2 aliphatic rings. The van der Waals surface area contributed by atoms with Crippen molar-refractivity contribution in [3.05, 3.63) is 33.9 Å². The number of amides is 1. The van der Waals surface area contributed by atoms with E-state index >= 15 is 0 Å². The number of nitrogens with zero attached hydrogens (tertiary/aromatic N) is 1. The zero-order chi connectivity index (χ0) is 13.7. The van der Waals surface area contributed by atoms with E-state index in [1.54, 1.807) is 11.3 Å². The van der Waals surface area contributed by atoms with Gasteiger partial charge in [-0.3, -0.25) is 4.79 Å². The van der Waals surface area contributed by atoms with E-state index in [9.17, 15) is 4.79 Å². The molecule has 20 heavy (non-hydrogen) atoms. The molecule has 102 valence electrons. The molecule has 1 N–H and O–H groups in total. The van der Waals surface area contributed by atoms with Crippen molar-refractivity contribution in [3.8, 4) is 0 Å². The first-order valence-corrected chi connectivity index (χ1v) is 8.64. The number of nitrogens with one attached hydrogen (secondary N) is 1. The summed E-state index contributed by atoms with van der Waals surface area (Å²) in [7, 11) is 0. The maximum Gasteiger partial charge on any atom is 0.229 e. The minimum atomic E-state index is 0.135. The van der Waals surface area contributed by atoms with E-state index in [4.69, 9.17) is 0 Å². The lowest BCUT2D eigenvalue weighted by Gasteiger charge is -2.16. The van der Waals surface area contributed by atoms with Gasteiger partial charge in [0, 0.05) is 9.49 Å². The van der Waals surface area contributed by atoms with Crippen LogP contribution in [0.3, 0.4) is 0 Å². The number of fused-ring (bicyclic) bond motifs is 3. The predicted octanol–water partition coefficient (Wildman–Crippen LogP) is 4.05. The number of hydrogen-bond donors (Lipinski definition) is 1. The number of halogens is 1. The van der Waals surface area contributed by atoms with Gasteiger partial charge in [0.2, 0.25) is 5.91 Å². The Morgan fingerprint density at radius 2 is 2.25 bits per heavy atom. The summed E-state index contributed by atoms with van der Waals surface area (Å²) < 4.78 is 2.31. The first kappa shape index (κ1) is 12.8. The third-order valence-corrected chi connectivity index (χ3v) is 5.80. The number of benzene rings is 1. The summed E-state index contributed by atoms with van der Waals surface area (Å²) in [5, 5.41) is 3.73. The average Bonchev–Trinajstić information content (AvgIpc) is 3.11. The number of hydrogen-bond acceptors (Lipinski definition) is 3. The Hall–Kier alpha value is -0.950. The van der Waals surface area contributed by atoms with Crippen LogP contribution in [0.2, 0.25) is 0 Å². The third-order valence-electron chi connectivity index (χ3n) is 4.20. The number of aromatic nitrogens is 1. The van der Waals surface area contributed by atoms with E-state index in [-0.39, 0.29) is 11.8 Å². The van der Waals surface area contributed by atoms with Crippen molar-refractivity contribution in [2.75, 3.05) is 5.32 Å². The summed E-state index contributed by atoms with van der Waals surface area (Å²) in [6, 6.07) is 6.14. The number of carbonyl (C=O) groups excluding carboxylic acids is 1. The summed E-state index contributed by atoms with van der Waals surface area (Å²) in [5.41, 5.74) is 0.957. The van der Waals surface area contributed by atoms with Crippen molar-refractivity contribution in [1.29, 1.82) is 0 Å². The second-order valence-electron chi connectivity index (χ2n) is 5.51. The van der Waals surface area contributed by atoms with Crippen LogP contribution in [-0.4, -0.2) is 10.9 Å². The molecular weight excluding hydrogens is 383 g/mol. The highest BCUT2D eigenvalue weighted by Gasteiger charge is 2.39. The van der Waals surface area contributed by atoms with Crippen molar-refractivity contribution in [2.24, 2.45) is 17.8 Å². The summed E-state index contributed by atoms with van der Waals surface area (Å²) >= 11 is 3.84. The zero-order valence-electron chi connectivity index (χ0n) is 10.7. The maximum absolute atomic E-state index is 12.4. The zero-order valence-corrected chi connectivity index (χ0v) is 13.6. The molecule has 1 heterocycles. The van der Waals surface area contributed by atoms with Gasteiger partial charge in [0.25, 0.3) is 0 Å². The molecule has 1 fully saturated rings. The quantitative estimate of drug-likeness (QED) is 0.615. The highest BCUT2D eigenvalue weighted by molar-refractivity contribution is 14.1. The van der Waals surface area contributed by atoms with Gasteiger partial charge in [0.1, 0.15) is 0 Å². The van der Waals surface area contributed by atoms with Crippen LogP contribution in [-0.2, 0) is 4.79 Å². The molecule has 0 aliphatic heterocycles. The molecular formula is C15H13IN2OS. The fourth-order valence-corrected chi connectivity index (χ4v) is 4.84. The van der Waals surface area contributed by atoms with E-state index < -0.39 is 0 Å². The second-order valence-corrected chi connectivity index (χ2v) is 7.78. The van der Waals surface area contributed by atoms with Gasteiger partial charge in [-0.1, -0.05) is 23.5 Å². The summed E-state index contributed by atoms with van der Waals surface area (Å²) in [5.74, 6) is 1.33. The lowest BCUT2D eigenvalue weighted by Crippen LogP contribution is -2.25. The average molecular weight is 396 g/mol. The van der Waals surface area contributed by atoms with Crippen LogP contribution in [0.25, 0.3) is 10.2 Å². The fourth-order valence-electron chi connectivity index (χ4n) is 3.23. The molecule has 2 aromatic rings. The number of rotatable bonds is 2. The lowest BCUT2D eigenvalue weighted by molar-refractivity contribution is -0.120. The lowest BCUT2D eigenvalue weighted by atomic mass is 9.93. The largest absolute Gasteiger partial charge is 0.302 e. The van der Waals surface area contributed by atoms with Crippen LogP contribution in [0.15, 0.2) is 30.4 Å². The number of anilines is 1. The summed E-state index contributed by atoms with van der Waals surface area (Å²) in [6.07, 6.45) is 6.61. The fraction of sp³-hybridized carbons (Fsp3) is 0.333. The summed E-state index contributed by atoms with van der Waals surface area (Å²) in [6.45, 7) is 0. The Morgan fingerprint density at radius 1 is 1.35 bits per heavy atom. The Morgan fingerprint density at radius 3 is 3.00 bits per heavy atom. The van der Waals surface area contributed by atoms with Gasteiger partial charge in [-0.25, -0.2) is 4.98 Å². The molecule has 5 heteroatoms. The highest BCUT2D eigenvalue weighted by Crippen LogP contribution is 2.44. The Kier molecular flexibility index (Phi) is 3.07. The van der Waals surface area contributed by atoms with Gasteiger partial charge >= 0.3 is 0 Å². The van der Waals surface area contributed by atoms with E-state index in [2.05, 4.69) is 51.1 Å². The predicted molar refractivity (Wildman–Crippen MR) is 89.8 cm³/mol. The topological polar surface area (TPSA) is 42.0 Å². The molecule has 1 amide bonds. The summed E-state index contributed by atoms with van der Waals surface area (Å²) in [4.78, 5) is 16.9. The van der Waals surface area contributed by atoms with Gasteiger partial charge < -0.3 is 5.32 Å². The van der Waals surface area contributed by atoms with Gasteiger partial charge in [-0.05, 0) is 65.5 Å². The van der Waals surface area contributed by atoms with Crippen molar-refractivity contribution in [3.63, 3.8) is 0 Å². The molecule has 1 aromatic heterocycles. The van der Waals surface area contributed by atoms with Crippen LogP contribution < -0.4 is 5.32 Å². The molecule has 0 radical (unpaired) electrons. The smallest absolute Gasteiger partial charge is 0.229 e. The normalized spacial score (nSPS) is 27.4. The van der Waals surface area contributed by atoms with Gasteiger partial charge in [0.05, 0.1) is 10.2 Å². The molecule has 3 unspecified atom stereocenters. The Bertz CT molecular complexity index is 724. The van der Waals surface area contributed by atoms with E-state index in [1.807, 2.05) is 12.1 Å². The van der Waals surface area contributed by atoms with Crippen molar-refractivity contribution >= 4 is 55.2 Å². The van der Waals surface area contributed by atoms with Crippen molar-refractivity contribution in [1.82, 2.24) is 4.98 Å². The molecule has 4 rings (SSSR count). The molecule has 0 spiro atoms. The molecule has 3 nitrogen and oxygen atoms in total. The van der Waals surface area contributed by atoms with E-state index in [1.165, 1.54) is 3.57 Å². The minimum absolute atomic E-state index is 0.135. The first-order chi connectivity index (χ1) is 9.69. The molecule has 3 atom stereocenters. The molecule has 1 saturated carbocycles.